The van der Waals surface area contributed by atoms with Crippen LogP contribution < -0.4 is 5.32 Å². The predicted molar refractivity (Wildman–Crippen MR) is 82.3 cm³/mol. The Balaban J connectivity index is 2.06. The van der Waals surface area contributed by atoms with E-state index < -0.39 is 5.97 Å². The Morgan fingerprint density at radius 1 is 1.14 bits per heavy atom. The van der Waals surface area contributed by atoms with E-state index in [1.54, 1.807) is 7.11 Å². The molecule has 0 bridgehead atoms. The van der Waals surface area contributed by atoms with Crippen molar-refractivity contribution < 1.29 is 14.6 Å². The summed E-state index contributed by atoms with van der Waals surface area (Å²) in [5.41, 5.74) is 3.93. The van der Waals surface area contributed by atoms with Gasteiger partial charge in [-0.25, -0.2) is 0 Å². The molecule has 0 amide bonds. The maximum Gasteiger partial charge on any atom is 0.307 e. The predicted octanol–water partition coefficient (Wildman–Crippen LogP) is 3.07. The van der Waals surface area contributed by atoms with Gasteiger partial charge in [-0.05, 0) is 28.8 Å². The normalized spacial score (nSPS) is 10.3. The van der Waals surface area contributed by atoms with Gasteiger partial charge in [-0.15, -0.1) is 0 Å². The Labute approximate surface area is 124 Å². The molecule has 0 unspecified atom stereocenters. The van der Waals surface area contributed by atoms with Crippen molar-refractivity contribution in [1.29, 1.82) is 0 Å². The molecular formula is C17H19NO3. The average Bonchev–Trinajstić information content (AvgIpc) is 2.47. The van der Waals surface area contributed by atoms with E-state index in [1.807, 2.05) is 48.5 Å². The Kier molecular flexibility index (Phi) is 5.35. The second-order valence-electron chi connectivity index (χ2n) is 4.83. The minimum Gasteiger partial charge on any atom is -0.481 e. The number of anilines is 1. The molecule has 4 nitrogen and oxygen atoms in total. The summed E-state index contributed by atoms with van der Waals surface area (Å²) in [6.07, 6.45) is 0.0432. The number of carboxylic acid groups (broad SMARTS) is 1. The van der Waals surface area contributed by atoms with Crippen molar-refractivity contribution in [2.75, 3.05) is 12.4 Å². The van der Waals surface area contributed by atoms with E-state index in [-0.39, 0.29) is 6.42 Å². The number of aliphatic carboxylic acids is 1. The molecule has 4 heteroatoms. The van der Waals surface area contributed by atoms with E-state index >= 15 is 0 Å². The number of benzene rings is 2. The van der Waals surface area contributed by atoms with E-state index in [1.165, 1.54) is 0 Å². The van der Waals surface area contributed by atoms with Crippen molar-refractivity contribution in [3.8, 4) is 0 Å². The van der Waals surface area contributed by atoms with Crippen molar-refractivity contribution in [2.45, 2.75) is 19.6 Å². The van der Waals surface area contributed by atoms with Gasteiger partial charge in [-0.1, -0.05) is 36.4 Å². The van der Waals surface area contributed by atoms with Crippen LogP contribution in [0.3, 0.4) is 0 Å². The quantitative estimate of drug-likeness (QED) is 0.821. The van der Waals surface area contributed by atoms with Crippen LogP contribution in [-0.4, -0.2) is 18.2 Å². The Bertz CT molecular complexity index is 610. The standard InChI is InChI=1S/C17H19NO3/c1-21-12-13-5-4-8-16(9-13)18-11-15-7-3-2-6-14(15)10-17(19)20/h2-9,18H,10-12H2,1H3,(H,19,20). The maximum absolute atomic E-state index is 10.9. The van der Waals surface area contributed by atoms with Gasteiger partial charge in [0.1, 0.15) is 0 Å². The number of nitrogens with one attached hydrogen (secondary N) is 1. The molecule has 0 aliphatic rings. The van der Waals surface area contributed by atoms with Crippen molar-refractivity contribution in [2.24, 2.45) is 0 Å². The second-order valence-corrected chi connectivity index (χ2v) is 4.83. The molecule has 2 N–H and O–H groups in total. The van der Waals surface area contributed by atoms with Crippen LogP contribution in [-0.2, 0) is 29.1 Å². The van der Waals surface area contributed by atoms with Crippen LogP contribution in [0.15, 0.2) is 48.5 Å². The SMILES string of the molecule is COCc1cccc(NCc2ccccc2CC(=O)O)c1. The van der Waals surface area contributed by atoms with Crippen LogP contribution in [0.2, 0.25) is 0 Å². The highest BCUT2D eigenvalue weighted by Gasteiger charge is 2.06. The average molecular weight is 285 g/mol. The number of rotatable bonds is 7. The van der Waals surface area contributed by atoms with Gasteiger partial charge in [-0.2, -0.15) is 0 Å². The molecule has 2 aromatic carbocycles. The van der Waals surface area contributed by atoms with E-state index in [9.17, 15) is 4.79 Å². The third kappa shape index (κ3) is 4.61. The molecule has 0 fully saturated rings. The smallest absolute Gasteiger partial charge is 0.307 e. The van der Waals surface area contributed by atoms with Gasteiger partial charge in [0.15, 0.2) is 0 Å². The molecule has 0 aromatic heterocycles. The zero-order valence-electron chi connectivity index (χ0n) is 12.0. The maximum atomic E-state index is 10.9. The summed E-state index contributed by atoms with van der Waals surface area (Å²) in [7, 11) is 1.67. The molecule has 2 aromatic rings. The van der Waals surface area contributed by atoms with Gasteiger partial charge in [0.2, 0.25) is 0 Å². The van der Waals surface area contributed by atoms with Crippen molar-refractivity contribution in [1.82, 2.24) is 0 Å². The largest absolute Gasteiger partial charge is 0.481 e. The molecule has 0 radical (unpaired) electrons. The highest BCUT2D eigenvalue weighted by atomic mass is 16.5. The summed E-state index contributed by atoms with van der Waals surface area (Å²) in [4.78, 5) is 10.9. The van der Waals surface area contributed by atoms with Gasteiger partial charge >= 0.3 is 5.97 Å². The minimum atomic E-state index is -0.815. The molecule has 0 heterocycles. The van der Waals surface area contributed by atoms with Gasteiger partial charge < -0.3 is 15.2 Å². The highest BCUT2D eigenvalue weighted by molar-refractivity contribution is 5.70. The fraction of sp³-hybridized carbons (Fsp3) is 0.235. The van der Waals surface area contributed by atoms with Gasteiger partial charge in [0, 0.05) is 19.3 Å². The minimum absolute atomic E-state index is 0.0432. The van der Waals surface area contributed by atoms with Crippen molar-refractivity contribution in [3.05, 3.63) is 65.2 Å². The van der Waals surface area contributed by atoms with Crippen molar-refractivity contribution >= 4 is 11.7 Å². The first-order valence-electron chi connectivity index (χ1n) is 6.79. The van der Waals surface area contributed by atoms with E-state index in [2.05, 4.69) is 5.32 Å². The Morgan fingerprint density at radius 2 is 1.90 bits per heavy atom. The monoisotopic (exact) mass is 285 g/mol. The van der Waals surface area contributed by atoms with Gasteiger partial charge in [-0.3, -0.25) is 4.79 Å². The third-order valence-corrected chi connectivity index (χ3v) is 3.18. The molecular weight excluding hydrogens is 266 g/mol. The van der Waals surface area contributed by atoms with E-state index in [0.29, 0.717) is 13.2 Å². The lowest BCUT2D eigenvalue weighted by molar-refractivity contribution is -0.136. The summed E-state index contributed by atoms with van der Waals surface area (Å²) < 4.78 is 5.12. The van der Waals surface area contributed by atoms with Crippen LogP contribution in [0, 0.1) is 0 Å². The number of hydrogen-bond acceptors (Lipinski definition) is 3. The summed E-state index contributed by atoms with van der Waals surface area (Å²) in [5, 5.41) is 12.3. The summed E-state index contributed by atoms with van der Waals surface area (Å²) in [6.45, 7) is 1.17. The molecule has 21 heavy (non-hydrogen) atoms. The molecule has 0 saturated heterocycles. The number of carbonyl (C=O) groups is 1. The zero-order valence-corrected chi connectivity index (χ0v) is 12.0. The topological polar surface area (TPSA) is 58.6 Å². The van der Waals surface area contributed by atoms with Crippen molar-refractivity contribution in [3.63, 3.8) is 0 Å². The first-order chi connectivity index (χ1) is 10.2. The fourth-order valence-electron chi connectivity index (χ4n) is 2.20. The molecule has 0 spiro atoms. The molecule has 0 atom stereocenters. The Morgan fingerprint density at radius 3 is 2.62 bits per heavy atom. The Hall–Kier alpha value is -2.33. The first-order valence-corrected chi connectivity index (χ1v) is 6.79. The lowest BCUT2D eigenvalue weighted by Crippen LogP contribution is -2.07. The molecule has 2 rings (SSSR count). The molecule has 0 saturated carbocycles. The van der Waals surface area contributed by atoms with E-state index in [0.717, 1.165) is 22.4 Å². The number of hydrogen-bond donors (Lipinski definition) is 2. The van der Waals surface area contributed by atoms with Crippen LogP contribution in [0.4, 0.5) is 5.69 Å². The highest BCUT2D eigenvalue weighted by Crippen LogP contribution is 2.15. The van der Waals surface area contributed by atoms with Gasteiger partial charge in [0.25, 0.3) is 0 Å². The lowest BCUT2D eigenvalue weighted by Gasteiger charge is -2.11. The summed E-state index contributed by atoms with van der Waals surface area (Å²) in [5.74, 6) is -0.815. The second kappa shape index (κ2) is 7.45. The number of methoxy groups -OCH3 is 1. The van der Waals surface area contributed by atoms with E-state index in [4.69, 9.17) is 9.84 Å². The lowest BCUT2D eigenvalue weighted by atomic mass is 10.0. The summed E-state index contributed by atoms with van der Waals surface area (Å²) in [6, 6.07) is 15.6. The number of carboxylic acids is 1. The zero-order chi connectivity index (χ0) is 15.1. The van der Waals surface area contributed by atoms with Crippen LogP contribution in [0.1, 0.15) is 16.7 Å². The molecule has 0 aliphatic heterocycles. The van der Waals surface area contributed by atoms with Crippen LogP contribution >= 0.6 is 0 Å². The van der Waals surface area contributed by atoms with Gasteiger partial charge in [0.05, 0.1) is 13.0 Å². The molecule has 110 valence electrons. The third-order valence-electron chi connectivity index (χ3n) is 3.18. The van der Waals surface area contributed by atoms with Crippen LogP contribution in [0.25, 0.3) is 0 Å². The fourth-order valence-corrected chi connectivity index (χ4v) is 2.20. The molecule has 0 aliphatic carbocycles. The first kappa shape index (κ1) is 15.1. The van der Waals surface area contributed by atoms with Crippen LogP contribution in [0.5, 0.6) is 0 Å². The number of ether oxygens (including phenoxy) is 1. The summed E-state index contributed by atoms with van der Waals surface area (Å²) >= 11 is 0.